The van der Waals surface area contributed by atoms with E-state index in [1.807, 2.05) is 0 Å². The van der Waals surface area contributed by atoms with E-state index in [1.165, 1.54) is 41.5 Å². The van der Waals surface area contributed by atoms with E-state index in [2.05, 4.69) is 31.3 Å². The molecule has 0 aromatic carbocycles. The van der Waals surface area contributed by atoms with Crippen LogP contribution in [0.2, 0.25) is 0 Å². The molecule has 0 aliphatic heterocycles. The van der Waals surface area contributed by atoms with E-state index in [4.69, 9.17) is 11.3 Å². The SMILES string of the molecule is CC(C)(N=[N+]=[N-])C(=O)NCC(=O)NC(C)(C)C(=O)NC(C)(C)C(=O)NCC(N)=O. The number of nitrogens with one attached hydrogen (secondary N) is 4. The number of carbonyl (C=O) groups is 5. The van der Waals surface area contributed by atoms with Crippen LogP contribution in [-0.4, -0.2) is 59.2 Å². The largest absolute Gasteiger partial charge is 0.368 e. The van der Waals surface area contributed by atoms with E-state index in [0.717, 1.165) is 0 Å². The number of primary amides is 1. The number of nitrogens with zero attached hydrogens (tertiary/aromatic N) is 3. The summed E-state index contributed by atoms with van der Waals surface area (Å²) in [5, 5.41) is 12.8. The summed E-state index contributed by atoms with van der Waals surface area (Å²) >= 11 is 0. The molecule has 5 amide bonds. The fraction of sp³-hybridized carbons (Fsp3) is 0.688. The summed E-state index contributed by atoms with van der Waals surface area (Å²) in [5.74, 6) is -3.39. The Hall–Kier alpha value is -3.34. The molecule has 0 saturated heterocycles. The van der Waals surface area contributed by atoms with Crippen LogP contribution in [0.3, 0.4) is 0 Å². The number of nitrogens with two attached hydrogens (primary N) is 1. The van der Waals surface area contributed by atoms with Gasteiger partial charge in [0.1, 0.15) is 16.6 Å². The van der Waals surface area contributed by atoms with Crippen LogP contribution in [0, 0.1) is 0 Å². The van der Waals surface area contributed by atoms with Gasteiger partial charge in [0.05, 0.1) is 13.1 Å². The molecule has 0 aliphatic carbocycles. The molecule has 29 heavy (non-hydrogen) atoms. The lowest BCUT2D eigenvalue weighted by atomic mass is 9.98. The lowest BCUT2D eigenvalue weighted by molar-refractivity contribution is -0.137. The molecule has 0 unspecified atom stereocenters. The second-order valence-corrected chi connectivity index (χ2v) is 7.83. The highest BCUT2D eigenvalue weighted by molar-refractivity contribution is 5.97. The average Bonchev–Trinajstić information content (AvgIpc) is 2.56. The second-order valence-electron chi connectivity index (χ2n) is 7.83. The number of azide groups is 1. The van der Waals surface area contributed by atoms with Crippen molar-refractivity contribution < 1.29 is 24.0 Å². The molecule has 0 aromatic heterocycles. The maximum Gasteiger partial charge on any atom is 0.246 e. The zero-order chi connectivity index (χ0) is 23.0. The van der Waals surface area contributed by atoms with Gasteiger partial charge in [0.15, 0.2) is 0 Å². The van der Waals surface area contributed by atoms with Gasteiger partial charge in [-0.15, -0.1) is 0 Å². The number of rotatable bonds is 10. The smallest absolute Gasteiger partial charge is 0.246 e. The van der Waals surface area contributed by atoms with E-state index >= 15 is 0 Å². The molecule has 6 N–H and O–H groups in total. The minimum absolute atomic E-state index is 0.385. The summed E-state index contributed by atoms with van der Waals surface area (Å²) in [4.78, 5) is 61.9. The monoisotopic (exact) mass is 412 g/mol. The average molecular weight is 412 g/mol. The first kappa shape index (κ1) is 25.7. The van der Waals surface area contributed by atoms with E-state index in [0.29, 0.717) is 0 Å². The molecule has 0 saturated carbocycles. The first-order valence-electron chi connectivity index (χ1n) is 8.60. The number of hydrogen-bond donors (Lipinski definition) is 5. The van der Waals surface area contributed by atoms with E-state index in [9.17, 15) is 24.0 Å². The van der Waals surface area contributed by atoms with Gasteiger partial charge in [-0.1, -0.05) is 5.11 Å². The van der Waals surface area contributed by atoms with Crippen molar-refractivity contribution >= 4 is 29.5 Å². The van der Waals surface area contributed by atoms with Crippen LogP contribution in [0.15, 0.2) is 5.11 Å². The van der Waals surface area contributed by atoms with Crippen molar-refractivity contribution in [2.24, 2.45) is 10.8 Å². The van der Waals surface area contributed by atoms with Crippen LogP contribution in [0.4, 0.5) is 0 Å². The number of hydrogen-bond acceptors (Lipinski definition) is 6. The maximum absolute atomic E-state index is 12.5. The van der Waals surface area contributed by atoms with Crippen LogP contribution in [0.1, 0.15) is 41.5 Å². The fourth-order valence-electron chi connectivity index (χ4n) is 1.87. The molecular formula is C16H28N8O5. The van der Waals surface area contributed by atoms with Gasteiger partial charge < -0.3 is 27.0 Å². The quantitative estimate of drug-likeness (QED) is 0.166. The zero-order valence-corrected chi connectivity index (χ0v) is 17.4. The van der Waals surface area contributed by atoms with Gasteiger partial charge in [0.25, 0.3) is 0 Å². The third kappa shape index (κ3) is 8.47. The number of amides is 5. The van der Waals surface area contributed by atoms with Gasteiger partial charge in [-0.2, -0.15) is 0 Å². The summed E-state index contributed by atoms with van der Waals surface area (Å²) in [5.41, 5.74) is 9.20. The highest BCUT2D eigenvalue weighted by Crippen LogP contribution is 2.10. The van der Waals surface area contributed by atoms with Crippen molar-refractivity contribution in [2.45, 2.75) is 58.2 Å². The highest BCUT2D eigenvalue weighted by atomic mass is 16.2. The molecule has 0 fully saturated rings. The van der Waals surface area contributed by atoms with Crippen molar-refractivity contribution in [3.05, 3.63) is 10.4 Å². The van der Waals surface area contributed by atoms with E-state index in [-0.39, 0.29) is 6.54 Å². The third-order valence-corrected chi connectivity index (χ3v) is 3.70. The maximum atomic E-state index is 12.5. The van der Waals surface area contributed by atoms with E-state index in [1.54, 1.807) is 0 Å². The summed E-state index contributed by atoms with van der Waals surface area (Å²) in [7, 11) is 0. The topological polar surface area (TPSA) is 208 Å². The first-order chi connectivity index (χ1) is 13.0. The normalized spacial score (nSPS) is 11.5. The molecule has 0 radical (unpaired) electrons. The van der Waals surface area contributed by atoms with Gasteiger partial charge in [-0.25, -0.2) is 0 Å². The Morgan fingerprint density at radius 2 is 1.31 bits per heavy atom. The van der Waals surface area contributed by atoms with Gasteiger partial charge in [0.2, 0.25) is 29.5 Å². The Morgan fingerprint density at radius 3 is 1.79 bits per heavy atom. The number of carbonyl (C=O) groups excluding carboxylic acids is 5. The van der Waals surface area contributed by atoms with Crippen molar-refractivity contribution in [3.63, 3.8) is 0 Å². The zero-order valence-electron chi connectivity index (χ0n) is 17.4. The van der Waals surface area contributed by atoms with Gasteiger partial charge >= 0.3 is 0 Å². The minimum atomic E-state index is -1.43. The minimum Gasteiger partial charge on any atom is -0.368 e. The third-order valence-electron chi connectivity index (χ3n) is 3.70. The van der Waals surface area contributed by atoms with Crippen LogP contribution in [-0.2, 0) is 24.0 Å². The molecule has 0 heterocycles. The molecule has 162 valence electrons. The second kappa shape index (κ2) is 9.73. The molecule has 0 aliphatic rings. The van der Waals surface area contributed by atoms with Crippen LogP contribution in [0.5, 0.6) is 0 Å². The van der Waals surface area contributed by atoms with Gasteiger partial charge in [-0.05, 0) is 47.1 Å². The Labute approximate surface area is 168 Å². The molecule has 0 rings (SSSR count). The lowest BCUT2D eigenvalue weighted by Crippen LogP contribution is -2.63. The highest BCUT2D eigenvalue weighted by Gasteiger charge is 2.37. The van der Waals surface area contributed by atoms with E-state index < -0.39 is 52.7 Å². The Kier molecular flexibility index (Phi) is 8.61. The van der Waals surface area contributed by atoms with Crippen LogP contribution < -0.4 is 27.0 Å². The molecular weight excluding hydrogens is 384 g/mol. The summed E-state index contributed by atoms with van der Waals surface area (Å²) in [6.07, 6.45) is 0. The van der Waals surface area contributed by atoms with Crippen molar-refractivity contribution in [1.29, 1.82) is 0 Å². The summed E-state index contributed by atoms with van der Waals surface area (Å²) < 4.78 is 0. The van der Waals surface area contributed by atoms with Crippen LogP contribution in [0.25, 0.3) is 10.4 Å². The van der Waals surface area contributed by atoms with Crippen molar-refractivity contribution in [3.8, 4) is 0 Å². The molecule has 13 heteroatoms. The van der Waals surface area contributed by atoms with Crippen molar-refractivity contribution in [2.75, 3.05) is 13.1 Å². The fourth-order valence-corrected chi connectivity index (χ4v) is 1.87. The molecule has 0 spiro atoms. The van der Waals surface area contributed by atoms with Crippen LogP contribution >= 0.6 is 0 Å². The Morgan fingerprint density at radius 1 is 0.828 bits per heavy atom. The predicted octanol–water partition coefficient (Wildman–Crippen LogP) is -1.42. The first-order valence-corrected chi connectivity index (χ1v) is 8.60. The molecule has 13 nitrogen and oxygen atoms in total. The predicted molar refractivity (Wildman–Crippen MR) is 103 cm³/mol. The molecule has 0 aromatic rings. The van der Waals surface area contributed by atoms with Crippen molar-refractivity contribution in [1.82, 2.24) is 21.3 Å². The Bertz CT molecular complexity index is 738. The van der Waals surface area contributed by atoms with Gasteiger partial charge in [0, 0.05) is 4.91 Å². The van der Waals surface area contributed by atoms with Gasteiger partial charge in [-0.3, -0.25) is 24.0 Å². The Balaban J connectivity index is 4.87. The summed E-state index contributed by atoms with van der Waals surface area (Å²) in [6, 6.07) is 0. The standard InChI is InChI=1S/C16H28N8O5/c1-14(2,11(27)19-7-9(17)25)22-13(29)15(3,4)21-10(26)8-20-12(28)16(5,6)23-24-18/h7-8H2,1-6H3,(H2,17,25)(H,19,27)(H,20,28)(H,21,26)(H,22,29). The lowest BCUT2D eigenvalue weighted by Gasteiger charge is -2.31. The molecule has 0 bridgehead atoms. The summed E-state index contributed by atoms with van der Waals surface area (Å²) in [6.45, 7) is 7.55. The molecule has 0 atom stereocenters.